The Balaban J connectivity index is 1.55. The molecule has 1 N–H and O–H groups in total. The SMILES string of the molecule is O=C(Cn1nnc(-c2ccco2)n1)NC1CCCCCC1. The van der Waals surface area contributed by atoms with Crippen molar-refractivity contribution in [2.75, 3.05) is 0 Å². The number of rotatable bonds is 4. The third-order valence-electron chi connectivity index (χ3n) is 3.70. The third-order valence-corrected chi connectivity index (χ3v) is 3.70. The largest absolute Gasteiger partial charge is 0.461 e. The highest BCUT2D eigenvalue weighted by Crippen LogP contribution is 2.17. The van der Waals surface area contributed by atoms with E-state index in [1.54, 1.807) is 18.4 Å². The van der Waals surface area contributed by atoms with Crippen LogP contribution < -0.4 is 5.32 Å². The first-order valence-electron chi connectivity index (χ1n) is 7.42. The van der Waals surface area contributed by atoms with Crippen LogP contribution in [-0.4, -0.2) is 32.2 Å². The summed E-state index contributed by atoms with van der Waals surface area (Å²) in [5.41, 5.74) is 0. The van der Waals surface area contributed by atoms with E-state index in [0.29, 0.717) is 11.6 Å². The molecule has 0 spiro atoms. The summed E-state index contributed by atoms with van der Waals surface area (Å²) in [6.07, 6.45) is 8.59. The quantitative estimate of drug-likeness (QED) is 0.867. The van der Waals surface area contributed by atoms with Crippen molar-refractivity contribution in [2.24, 2.45) is 0 Å². The molecule has 112 valence electrons. The summed E-state index contributed by atoms with van der Waals surface area (Å²) in [6.45, 7) is 0.0875. The van der Waals surface area contributed by atoms with Gasteiger partial charge >= 0.3 is 0 Å². The van der Waals surface area contributed by atoms with Crippen molar-refractivity contribution in [1.29, 1.82) is 0 Å². The van der Waals surface area contributed by atoms with Gasteiger partial charge in [0.2, 0.25) is 11.7 Å². The Hall–Kier alpha value is -2.18. The van der Waals surface area contributed by atoms with Crippen molar-refractivity contribution in [2.45, 2.75) is 51.1 Å². The summed E-state index contributed by atoms with van der Waals surface area (Å²) in [5, 5.41) is 15.0. The molecule has 0 saturated heterocycles. The minimum Gasteiger partial charge on any atom is -0.461 e. The highest BCUT2D eigenvalue weighted by molar-refractivity contribution is 5.75. The van der Waals surface area contributed by atoms with Crippen molar-refractivity contribution in [3.05, 3.63) is 18.4 Å². The van der Waals surface area contributed by atoms with E-state index >= 15 is 0 Å². The molecule has 1 fully saturated rings. The number of nitrogens with one attached hydrogen (secondary N) is 1. The predicted molar refractivity (Wildman–Crippen MR) is 75.2 cm³/mol. The highest BCUT2D eigenvalue weighted by atomic mass is 16.3. The predicted octanol–water partition coefficient (Wildman–Crippen LogP) is 1.77. The first kappa shape index (κ1) is 13.8. The summed E-state index contributed by atoms with van der Waals surface area (Å²) in [4.78, 5) is 13.3. The van der Waals surface area contributed by atoms with Gasteiger partial charge in [-0.05, 0) is 30.2 Å². The summed E-state index contributed by atoms with van der Waals surface area (Å²) in [5.74, 6) is 0.873. The lowest BCUT2D eigenvalue weighted by molar-refractivity contribution is -0.122. The van der Waals surface area contributed by atoms with Crippen LogP contribution in [0, 0.1) is 0 Å². The molecule has 0 radical (unpaired) electrons. The van der Waals surface area contributed by atoms with Gasteiger partial charge in [-0.25, -0.2) is 0 Å². The average molecular weight is 289 g/mol. The van der Waals surface area contributed by atoms with E-state index in [-0.39, 0.29) is 18.5 Å². The molecule has 1 amide bonds. The second-order valence-corrected chi connectivity index (χ2v) is 5.38. The van der Waals surface area contributed by atoms with E-state index in [1.165, 1.54) is 30.5 Å². The van der Waals surface area contributed by atoms with Crippen LogP contribution >= 0.6 is 0 Å². The number of nitrogens with zero attached hydrogens (tertiary/aromatic N) is 4. The smallest absolute Gasteiger partial charge is 0.243 e. The summed E-state index contributed by atoms with van der Waals surface area (Å²) >= 11 is 0. The molecule has 0 bridgehead atoms. The van der Waals surface area contributed by atoms with Crippen LogP contribution in [0.5, 0.6) is 0 Å². The molecule has 0 aliphatic heterocycles. The summed E-state index contributed by atoms with van der Waals surface area (Å²) < 4.78 is 5.19. The molecule has 0 aromatic carbocycles. The second-order valence-electron chi connectivity index (χ2n) is 5.38. The average Bonchev–Trinajstić information content (AvgIpc) is 3.07. The van der Waals surface area contributed by atoms with Crippen molar-refractivity contribution in [1.82, 2.24) is 25.5 Å². The van der Waals surface area contributed by atoms with Crippen molar-refractivity contribution in [3.8, 4) is 11.6 Å². The lowest BCUT2D eigenvalue weighted by Crippen LogP contribution is -2.37. The maximum absolute atomic E-state index is 12.0. The van der Waals surface area contributed by atoms with Crippen LogP contribution in [0.3, 0.4) is 0 Å². The highest BCUT2D eigenvalue weighted by Gasteiger charge is 2.16. The van der Waals surface area contributed by atoms with Gasteiger partial charge in [0.15, 0.2) is 5.76 Å². The molecule has 0 atom stereocenters. The van der Waals surface area contributed by atoms with Crippen LogP contribution in [0.15, 0.2) is 22.8 Å². The monoisotopic (exact) mass is 289 g/mol. The Bertz CT molecular complexity index is 570. The number of tetrazole rings is 1. The Kier molecular flexibility index (Phi) is 4.28. The fraction of sp³-hybridized carbons (Fsp3) is 0.571. The van der Waals surface area contributed by atoms with Crippen LogP contribution in [-0.2, 0) is 11.3 Å². The molecule has 1 aliphatic rings. The van der Waals surface area contributed by atoms with Crippen LogP contribution in [0.4, 0.5) is 0 Å². The molecule has 1 saturated carbocycles. The Labute approximate surface area is 122 Å². The fourth-order valence-corrected chi connectivity index (χ4v) is 2.64. The molecule has 0 unspecified atom stereocenters. The lowest BCUT2D eigenvalue weighted by Gasteiger charge is -2.15. The molecular formula is C14H19N5O2. The van der Waals surface area contributed by atoms with Gasteiger partial charge < -0.3 is 9.73 Å². The molecule has 2 aromatic heterocycles. The van der Waals surface area contributed by atoms with E-state index in [1.807, 2.05) is 0 Å². The summed E-state index contributed by atoms with van der Waals surface area (Å²) in [7, 11) is 0. The standard InChI is InChI=1S/C14H19N5O2/c20-13(15-11-6-3-1-2-4-7-11)10-19-17-14(16-18-19)12-8-5-9-21-12/h5,8-9,11H,1-4,6-7,10H2,(H,15,20). The van der Waals surface area contributed by atoms with E-state index in [4.69, 9.17) is 4.42 Å². The van der Waals surface area contributed by atoms with Crippen LogP contribution in [0.1, 0.15) is 38.5 Å². The Morgan fingerprint density at radius 1 is 1.33 bits per heavy atom. The maximum atomic E-state index is 12.0. The molecule has 21 heavy (non-hydrogen) atoms. The molecule has 7 heteroatoms. The molecule has 2 heterocycles. The van der Waals surface area contributed by atoms with Gasteiger partial charge in [-0.2, -0.15) is 4.80 Å². The topological polar surface area (TPSA) is 85.8 Å². The molecule has 3 rings (SSSR count). The number of furan rings is 1. The van der Waals surface area contributed by atoms with Crippen molar-refractivity contribution in [3.63, 3.8) is 0 Å². The van der Waals surface area contributed by atoms with Crippen molar-refractivity contribution >= 4 is 5.91 Å². The van der Waals surface area contributed by atoms with Gasteiger partial charge in [-0.15, -0.1) is 10.2 Å². The molecule has 1 aliphatic carbocycles. The Morgan fingerprint density at radius 2 is 2.14 bits per heavy atom. The summed E-state index contributed by atoms with van der Waals surface area (Å²) in [6, 6.07) is 3.80. The first-order valence-corrected chi connectivity index (χ1v) is 7.42. The number of carbonyl (C=O) groups excluding carboxylic acids is 1. The molecular weight excluding hydrogens is 270 g/mol. The maximum Gasteiger partial charge on any atom is 0.243 e. The van der Waals surface area contributed by atoms with Gasteiger partial charge in [0.05, 0.1) is 6.26 Å². The van der Waals surface area contributed by atoms with Gasteiger partial charge in [-0.3, -0.25) is 4.79 Å². The van der Waals surface area contributed by atoms with E-state index in [0.717, 1.165) is 12.8 Å². The molecule has 2 aromatic rings. The van der Waals surface area contributed by atoms with Gasteiger partial charge in [-0.1, -0.05) is 25.7 Å². The number of hydrogen-bond acceptors (Lipinski definition) is 5. The van der Waals surface area contributed by atoms with E-state index < -0.39 is 0 Å². The minimum absolute atomic E-state index is 0.0645. The van der Waals surface area contributed by atoms with Gasteiger partial charge in [0.1, 0.15) is 6.54 Å². The molecule has 7 nitrogen and oxygen atoms in total. The Morgan fingerprint density at radius 3 is 2.86 bits per heavy atom. The van der Waals surface area contributed by atoms with Crippen LogP contribution in [0.25, 0.3) is 11.6 Å². The number of carbonyl (C=O) groups is 1. The second kappa shape index (κ2) is 6.51. The normalized spacial score (nSPS) is 16.6. The third kappa shape index (κ3) is 3.68. The minimum atomic E-state index is -0.0645. The van der Waals surface area contributed by atoms with Gasteiger partial charge in [0, 0.05) is 6.04 Å². The zero-order valence-corrected chi connectivity index (χ0v) is 11.9. The van der Waals surface area contributed by atoms with Gasteiger partial charge in [0.25, 0.3) is 0 Å². The number of hydrogen-bond donors (Lipinski definition) is 1. The first-order chi connectivity index (χ1) is 10.3. The fourth-order valence-electron chi connectivity index (χ4n) is 2.64. The number of aromatic nitrogens is 4. The van der Waals surface area contributed by atoms with Crippen LogP contribution in [0.2, 0.25) is 0 Å². The number of amides is 1. The zero-order chi connectivity index (χ0) is 14.5. The zero-order valence-electron chi connectivity index (χ0n) is 11.9. The van der Waals surface area contributed by atoms with Crippen molar-refractivity contribution < 1.29 is 9.21 Å². The van der Waals surface area contributed by atoms with E-state index in [2.05, 4.69) is 20.7 Å². The lowest BCUT2D eigenvalue weighted by atomic mass is 10.1. The van der Waals surface area contributed by atoms with E-state index in [9.17, 15) is 4.79 Å².